The van der Waals surface area contributed by atoms with Gasteiger partial charge in [0.05, 0.1) is 21.5 Å². The molecule has 2 rings (SSSR count). The van der Waals surface area contributed by atoms with Crippen LogP contribution in [0.1, 0.15) is 37.6 Å². The lowest BCUT2D eigenvalue weighted by Crippen LogP contribution is -2.46. The van der Waals surface area contributed by atoms with Crippen LogP contribution >= 0.6 is 15.9 Å². The second-order valence-corrected chi connectivity index (χ2v) is 6.51. The zero-order chi connectivity index (χ0) is 14.0. The number of hydrogen-bond acceptors (Lipinski definition) is 3. The third-order valence-corrected chi connectivity index (χ3v) is 5.12. The van der Waals surface area contributed by atoms with Gasteiger partial charge >= 0.3 is 0 Å². The third-order valence-electron chi connectivity index (χ3n) is 4.08. The van der Waals surface area contributed by atoms with Gasteiger partial charge in [-0.2, -0.15) is 5.10 Å². The summed E-state index contributed by atoms with van der Waals surface area (Å²) in [7, 11) is 1.95. The molecule has 1 saturated heterocycles. The predicted octanol–water partition coefficient (Wildman–Crippen LogP) is 2.27. The van der Waals surface area contributed by atoms with E-state index in [4.69, 9.17) is 0 Å². The Kier molecular flexibility index (Phi) is 4.69. The van der Waals surface area contributed by atoms with E-state index in [2.05, 4.69) is 32.9 Å². The lowest BCUT2D eigenvalue weighted by Gasteiger charge is -2.38. The van der Waals surface area contributed by atoms with E-state index in [1.807, 2.05) is 18.7 Å². The summed E-state index contributed by atoms with van der Waals surface area (Å²) >= 11 is 3.58. The molecule has 2 heterocycles. The summed E-state index contributed by atoms with van der Waals surface area (Å²) < 4.78 is 2.93. The summed E-state index contributed by atoms with van der Waals surface area (Å²) in [6.45, 7) is 7.33. The Bertz CT molecular complexity index is 436. The zero-order valence-electron chi connectivity index (χ0n) is 12.1. The summed E-state index contributed by atoms with van der Waals surface area (Å²) in [5.41, 5.74) is 1.51. The van der Waals surface area contributed by atoms with Crippen LogP contribution < -0.4 is 0 Å². The Morgan fingerprint density at radius 2 is 2.00 bits per heavy atom. The fourth-order valence-corrected chi connectivity index (χ4v) is 3.35. The van der Waals surface area contributed by atoms with E-state index in [1.54, 1.807) is 0 Å². The lowest BCUT2D eigenvalue weighted by molar-refractivity contribution is -0.0218. The molecule has 0 radical (unpaired) electrons. The molecule has 1 fully saturated rings. The van der Waals surface area contributed by atoms with Crippen LogP contribution in [0.3, 0.4) is 0 Å². The van der Waals surface area contributed by atoms with Crippen molar-refractivity contribution in [2.45, 2.75) is 45.1 Å². The number of piperidine rings is 1. The normalized spacial score (nSPS) is 19.8. The Balaban J connectivity index is 2.03. The van der Waals surface area contributed by atoms with Gasteiger partial charge in [0.15, 0.2) is 0 Å². The second kappa shape index (κ2) is 5.94. The molecule has 0 aliphatic carbocycles. The van der Waals surface area contributed by atoms with E-state index in [0.29, 0.717) is 6.42 Å². The molecule has 0 aromatic carbocycles. The summed E-state index contributed by atoms with van der Waals surface area (Å²) in [6, 6.07) is 0. The van der Waals surface area contributed by atoms with Gasteiger partial charge in [0.25, 0.3) is 0 Å². The van der Waals surface area contributed by atoms with Gasteiger partial charge in [-0.3, -0.25) is 4.68 Å². The van der Waals surface area contributed by atoms with Crippen molar-refractivity contribution in [2.24, 2.45) is 7.05 Å². The molecule has 0 unspecified atom stereocenters. The maximum atomic E-state index is 10.8. The van der Waals surface area contributed by atoms with E-state index in [9.17, 15) is 5.11 Å². The molecule has 0 bridgehead atoms. The van der Waals surface area contributed by atoms with Crippen LogP contribution in [0.5, 0.6) is 0 Å². The first-order valence-electron chi connectivity index (χ1n) is 7.08. The molecule has 1 aromatic heterocycles. The monoisotopic (exact) mass is 329 g/mol. The largest absolute Gasteiger partial charge is 0.389 e. The van der Waals surface area contributed by atoms with Crippen molar-refractivity contribution in [3.63, 3.8) is 0 Å². The van der Waals surface area contributed by atoms with Crippen molar-refractivity contribution in [1.82, 2.24) is 14.7 Å². The lowest BCUT2D eigenvalue weighted by atomic mass is 9.87. The van der Waals surface area contributed by atoms with Gasteiger partial charge in [0.2, 0.25) is 0 Å². The Morgan fingerprint density at radius 1 is 1.37 bits per heavy atom. The SMILES string of the molecule is CCCN1CCC(O)(Cc2c(Br)c(C)nn2C)CC1. The molecule has 0 amide bonds. The standard InChI is InChI=1S/C14H24BrN3O/c1-4-7-18-8-5-14(19,6-9-18)10-12-13(15)11(2)16-17(12)3/h19H,4-10H2,1-3H3. The summed E-state index contributed by atoms with van der Waals surface area (Å²) in [4.78, 5) is 2.44. The molecule has 1 aliphatic rings. The second-order valence-electron chi connectivity index (χ2n) is 5.71. The van der Waals surface area contributed by atoms with Crippen LogP contribution in [0.4, 0.5) is 0 Å². The minimum absolute atomic E-state index is 0.576. The van der Waals surface area contributed by atoms with Crippen molar-refractivity contribution in [3.05, 3.63) is 15.9 Å². The number of halogens is 1. The van der Waals surface area contributed by atoms with Gasteiger partial charge in [-0.05, 0) is 48.7 Å². The molecular formula is C14H24BrN3O. The first kappa shape index (κ1) is 15.0. The van der Waals surface area contributed by atoms with Crippen LogP contribution in [0.2, 0.25) is 0 Å². The number of rotatable bonds is 4. The first-order chi connectivity index (χ1) is 8.95. The van der Waals surface area contributed by atoms with Crippen LogP contribution in [-0.4, -0.2) is 45.0 Å². The topological polar surface area (TPSA) is 41.3 Å². The number of aryl methyl sites for hydroxylation is 2. The molecule has 0 spiro atoms. The van der Waals surface area contributed by atoms with Gasteiger partial charge < -0.3 is 10.0 Å². The van der Waals surface area contributed by atoms with Crippen molar-refractivity contribution in [3.8, 4) is 0 Å². The highest BCUT2D eigenvalue weighted by molar-refractivity contribution is 9.10. The van der Waals surface area contributed by atoms with Crippen LogP contribution in [0.25, 0.3) is 0 Å². The fourth-order valence-electron chi connectivity index (χ4n) is 2.87. The van der Waals surface area contributed by atoms with Gasteiger partial charge in [0, 0.05) is 26.6 Å². The molecule has 0 atom stereocenters. The average Bonchev–Trinajstić information content (AvgIpc) is 2.60. The van der Waals surface area contributed by atoms with Gasteiger partial charge in [-0.1, -0.05) is 6.92 Å². The van der Waals surface area contributed by atoms with Gasteiger partial charge in [-0.25, -0.2) is 0 Å². The van der Waals surface area contributed by atoms with Crippen molar-refractivity contribution >= 4 is 15.9 Å². The van der Waals surface area contributed by atoms with E-state index in [-0.39, 0.29) is 0 Å². The Morgan fingerprint density at radius 3 is 2.47 bits per heavy atom. The Labute approximate surface area is 123 Å². The molecule has 108 valence electrons. The average molecular weight is 330 g/mol. The first-order valence-corrected chi connectivity index (χ1v) is 7.87. The minimum atomic E-state index is -0.576. The molecule has 1 N–H and O–H groups in total. The molecule has 5 heteroatoms. The number of likely N-dealkylation sites (tertiary alicyclic amines) is 1. The van der Waals surface area contributed by atoms with E-state index >= 15 is 0 Å². The number of hydrogen-bond donors (Lipinski definition) is 1. The predicted molar refractivity (Wildman–Crippen MR) is 80.3 cm³/mol. The molecule has 1 aliphatic heterocycles. The maximum Gasteiger partial charge on any atom is 0.0738 e. The van der Waals surface area contributed by atoms with E-state index in [1.165, 1.54) is 6.42 Å². The number of aliphatic hydroxyl groups is 1. The quantitative estimate of drug-likeness (QED) is 0.921. The van der Waals surface area contributed by atoms with Crippen molar-refractivity contribution in [2.75, 3.05) is 19.6 Å². The molecular weight excluding hydrogens is 306 g/mol. The summed E-state index contributed by atoms with van der Waals surface area (Å²) in [5, 5.41) is 15.2. The smallest absolute Gasteiger partial charge is 0.0738 e. The van der Waals surface area contributed by atoms with Crippen molar-refractivity contribution < 1.29 is 5.11 Å². The van der Waals surface area contributed by atoms with Gasteiger partial charge in [-0.15, -0.1) is 0 Å². The van der Waals surface area contributed by atoms with Crippen LogP contribution in [0.15, 0.2) is 4.47 Å². The highest BCUT2D eigenvalue weighted by Crippen LogP contribution is 2.30. The molecule has 1 aromatic rings. The number of nitrogens with zero attached hydrogens (tertiary/aromatic N) is 3. The third kappa shape index (κ3) is 3.38. The fraction of sp³-hybridized carbons (Fsp3) is 0.786. The summed E-state index contributed by atoms with van der Waals surface area (Å²) in [5.74, 6) is 0. The molecule has 19 heavy (non-hydrogen) atoms. The zero-order valence-corrected chi connectivity index (χ0v) is 13.7. The minimum Gasteiger partial charge on any atom is -0.389 e. The molecule has 4 nitrogen and oxygen atoms in total. The summed E-state index contributed by atoms with van der Waals surface area (Å²) in [6.07, 6.45) is 3.57. The van der Waals surface area contributed by atoms with Gasteiger partial charge in [0.1, 0.15) is 0 Å². The van der Waals surface area contributed by atoms with E-state index in [0.717, 1.165) is 48.3 Å². The van der Waals surface area contributed by atoms with E-state index < -0.39 is 5.60 Å². The molecule has 0 saturated carbocycles. The van der Waals surface area contributed by atoms with Crippen LogP contribution in [-0.2, 0) is 13.5 Å². The van der Waals surface area contributed by atoms with Crippen molar-refractivity contribution in [1.29, 1.82) is 0 Å². The van der Waals surface area contributed by atoms with Crippen LogP contribution in [0, 0.1) is 6.92 Å². The number of aromatic nitrogens is 2. The highest BCUT2D eigenvalue weighted by atomic mass is 79.9. The Hall–Kier alpha value is -0.390. The maximum absolute atomic E-state index is 10.8. The highest BCUT2D eigenvalue weighted by Gasteiger charge is 2.34.